The second kappa shape index (κ2) is 13.7. The van der Waals surface area contributed by atoms with Gasteiger partial charge < -0.3 is 19.5 Å². The molecule has 0 saturated carbocycles. The van der Waals surface area contributed by atoms with Gasteiger partial charge in [0, 0.05) is 13.3 Å². The van der Waals surface area contributed by atoms with E-state index < -0.39 is 12.0 Å². The number of allylic oxidation sites excluding steroid dienone is 1. The van der Waals surface area contributed by atoms with Crippen molar-refractivity contribution < 1.29 is 23.8 Å². The molecule has 6 nitrogen and oxygen atoms in total. The van der Waals surface area contributed by atoms with Gasteiger partial charge in [-0.15, -0.1) is 0 Å². The lowest BCUT2D eigenvalue weighted by Gasteiger charge is -2.16. The summed E-state index contributed by atoms with van der Waals surface area (Å²) >= 11 is 0. The van der Waals surface area contributed by atoms with E-state index >= 15 is 0 Å². The van der Waals surface area contributed by atoms with Gasteiger partial charge in [-0.1, -0.05) is 66.7 Å². The van der Waals surface area contributed by atoms with Crippen LogP contribution in [0.3, 0.4) is 0 Å². The molecule has 0 bridgehead atoms. The van der Waals surface area contributed by atoms with Gasteiger partial charge in [-0.05, 0) is 53.8 Å². The lowest BCUT2D eigenvalue weighted by molar-refractivity contribution is -0.147. The summed E-state index contributed by atoms with van der Waals surface area (Å²) in [5.74, 6) is 0.915. The molecule has 3 aromatic rings. The van der Waals surface area contributed by atoms with Gasteiger partial charge in [-0.2, -0.15) is 0 Å². The monoisotopic (exact) mass is 487 g/mol. The Morgan fingerprint density at radius 1 is 0.944 bits per heavy atom. The topological polar surface area (TPSA) is 73.9 Å². The summed E-state index contributed by atoms with van der Waals surface area (Å²) in [5.41, 5.74) is 4.24. The normalized spacial score (nSPS) is 11.6. The van der Waals surface area contributed by atoms with Crippen molar-refractivity contribution in [1.29, 1.82) is 0 Å². The highest BCUT2D eigenvalue weighted by atomic mass is 16.5. The van der Waals surface area contributed by atoms with Crippen LogP contribution < -0.4 is 14.8 Å². The molecule has 0 aromatic heterocycles. The summed E-state index contributed by atoms with van der Waals surface area (Å²) in [6.45, 7) is 3.83. The zero-order valence-corrected chi connectivity index (χ0v) is 21.0. The highest BCUT2D eigenvalue weighted by molar-refractivity contribution is 5.83. The van der Waals surface area contributed by atoms with Crippen molar-refractivity contribution in [3.63, 3.8) is 0 Å². The van der Waals surface area contributed by atoms with E-state index in [0.29, 0.717) is 13.0 Å². The lowest BCUT2D eigenvalue weighted by atomic mass is 10.1. The molecular weight excluding hydrogens is 454 g/mol. The summed E-state index contributed by atoms with van der Waals surface area (Å²) in [6, 6.07) is 23.0. The number of hydrogen-bond donors (Lipinski definition) is 1. The van der Waals surface area contributed by atoms with Crippen molar-refractivity contribution in [2.45, 2.75) is 39.3 Å². The van der Waals surface area contributed by atoms with Crippen molar-refractivity contribution >= 4 is 18.0 Å². The van der Waals surface area contributed by atoms with Gasteiger partial charge in [-0.25, -0.2) is 4.79 Å². The third-order valence-electron chi connectivity index (χ3n) is 5.54. The average molecular weight is 488 g/mol. The first-order valence-electron chi connectivity index (χ1n) is 12.0. The first-order valence-corrected chi connectivity index (χ1v) is 12.0. The Morgan fingerprint density at radius 2 is 1.64 bits per heavy atom. The van der Waals surface area contributed by atoms with Crippen LogP contribution in [0.25, 0.3) is 6.08 Å². The molecule has 1 atom stereocenters. The molecule has 188 valence electrons. The molecule has 3 rings (SSSR count). The number of carbonyl (C=O) groups excluding carboxylic acids is 2. The summed E-state index contributed by atoms with van der Waals surface area (Å²) in [4.78, 5) is 23.5. The van der Waals surface area contributed by atoms with E-state index in [4.69, 9.17) is 14.2 Å². The molecule has 6 heteroatoms. The third-order valence-corrected chi connectivity index (χ3v) is 5.54. The summed E-state index contributed by atoms with van der Waals surface area (Å²) in [7, 11) is 1.69. The molecule has 0 spiro atoms. The molecule has 0 heterocycles. The van der Waals surface area contributed by atoms with E-state index in [1.165, 1.54) is 6.92 Å². The molecule has 1 N–H and O–H groups in total. The van der Waals surface area contributed by atoms with Crippen LogP contribution in [0.4, 0.5) is 0 Å². The Labute approximate surface area is 212 Å². The standard InChI is InChI=1S/C30H33NO5/c1-4-35-30(33)28(31-22(2)32)20-24-16-18-27(19-17-24)36-21-25-14-12-23(13-15-25)8-7-10-26-9-5-6-11-29(26)34-3/h5-9,11-19,28H,4,10,20-21H2,1-3H3,(H,31,32)/b8-7+/t28-/m0/s1. The summed E-state index contributed by atoms with van der Waals surface area (Å²) < 4.78 is 16.4. The molecule has 0 aliphatic carbocycles. The van der Waals surface area contributed by atoms with Gasteiger partial charge in [0.2, 0.25) is 5.91 Å². The van der Waals surface area contributed by atoms with E-state index in [-0.39, 0.29) is 12.5 Å². The second-order valence-electron chi connectivity index (χ2n) is 8.30. The van der Waals surface area contributed by atoms with Crippen molar-refractivity contribution in [2.75, 3.05) is 13.7 Å². The quantitative estimate of drug-likeness (QED) is 0.358. The predicted octanol–water partition coefficient (Wildman–Crippen LogP) is 5.14. The smallest absolute Gasteiger partial charge is 0.328 e. The number of esters is 1. The van der Waals surface area contributed by atoms with Crippen LogP contribution in [-0.2, 0) is 33.8 Å². The van der Waals surface area contributed by atoms with Crippen molar-refractivity contribution in [1.82, 2.24) is 5.32 Å². The second-order valence-corrected chi connectivity index (χ2v) is 8.30. The van der Waals surface area contributed by atoms with E-state index in [1.807, 2.05) is 42.5 Å². The number of amides is 1. The Bertz CT molecular complexity index is 1150. The number of benzene rings is 3. The number of methoxy groups -OCH3 is 1. The maximum Gasteiger partial charge on any atom is 0.328 e. The molecule has 0 aliphatic heterocycles. The maximum absolute atomic E-state index is 12.1. The number of hydrogen-bond acceptors (Lipinski definition) is 5. The first-order chi connectivity index (χ1) is 17.5. The van der Waals surface area contributed by atoms with Gasteiger partial charge in [0.05, 0.1) is 13.7 Å². The molecule has 3 aromatic carbocycles. The van der Waals surface area contributed by atoms with Crippen molar-refractivity contribution in [2.24, 2.45) is 0 Å². The Balaban J connectivity index is 1.50. The fourth-order valence-corrected chi connectivity index (χ4v) is 3.72. The van der Waals surface area contributed by atoms with E-state index in [1.54, 1.807) is 14.0 Å². The Morgan fingerprint density at radius 3 is 2.31 bits per heavy atom. The number of para-hydroxylation sites is 1. The molecule has 36 heavy (non-hydrogen) atoms. The largest absolute Gasteiger partial charge is 0.496 e. The minimum atomic E-state index is -0.712. The zero-order chi connectivity index (χ0) is 25.8. The molecule has 0 saturated heterocycles. The number of nitrogens with one attached hydrogen (secondary N) is 1. The summed E-state index contributed by atoms with van der Waals surface area (Å²) in [5, 5.41) is 2.65. The fourth-order valence-electron chi connectivity index (χ4n) is 3.72. The van der Waals surface area contributed by atoms with Gasteiger partial charge in [0.15, 0.2) is 0 Å². The molecular formula is C30H33NO5. The van der Waals surface area contributed by atoms with Crippen molar-refractivity contribution in [3.8, 4) is 11.5 Å². The number of rotatable bonds is 12. The van der Waals surface area contributed by atoms with Gasteiger partial charge >= 0.3 is 5.97 Å². The Kier molecular flexibility index (Phi) is 10.1. The predicted molar refractivity (Wildman–Crippen MR) is 141 cm³/mol. The van der Waals surface area contributed by atoms with Crippen LogP contribution in [0.1, 0.15) is 36.1 Å². The van der Waals surface area contributed by atoms with Crippen LogP contribution >= 0.6 is 0 Å². The third kappa shape index (κ3) is 8.31. The minimum Gasteiger partial charge on any atom is -0.496 e. The highest BCUT2D eigenvalue weighted by Crippen LogP contribution is 2.19. The Hall–Kier alpha value is -4.06. The van der Waals surface area contributed by atoms with Crippen LogP contribution in [0.15, 0.2) is 78.9 Å². The molecule has 0 unspecified atom stereocenters. The van der Waals surface area contributed by atoms with E-state index in [0.717, 1.165) is 40.2 Å². The fraction of sp³-hybridized carbons (Fsp3) is 0.267. The van der Waals surface area contributed by atoms with Crippen LogP contribution in [0.2, 0.25) is 0 Å². The lowest BCUT2D eigenvalue weighted by Crippen LogP contribution is -2.42. The average Bonchev–Trinajstić information content (AvgIpc) is 2.89. The maximum atomic E-state index is 12.1. The molecule has 1 amide bonds. The van der Waals surface area contributed by atoms with Crippen molar-refractivity contribution in [3.05, 3.63) is 101 Å². The molecule has 0 radical (unpaired) electrons. The van der Waals surface area contributed by atoms with Gasteiger partial charge in [0.1, 0.15) is 24.1 Å². The first kappa shape index (κ1) is 26.5. The number of ether oxygens (including phenoxy) is 3. The minimum absolute atomic E-state index is 0.266. The van der Waals surface area contributed by atoms with Crippen LogP contribution in [-0.4, -0.2) is 31.6 Å². The van der Waals surface area contributed by atoms with Gasteiger partial charge in [0.25, 0.3) is 0 Å². The zero-order valence-electron chi connectivity index (χ0n) is 21.0. The van der Waals surface area contributed by atoms with E-state index in [9.17, 15) is 9.59 Å². The molecule has 0 fully saturated rings. The van der Waals surface area contributed by atoms with Gasteiger partial charge in [-0.3, -0.25) is 4.79 Å². The summed E-state index contributed by atoms with van der Waals surface area (Å²) in [6.07, 6.45) is 5.38. The molecule has 0 aliphatic rings. The van der Waals surface area contributed by atoms with Crippen LogP contribution in [0.5, 0.6) is 11.5 Å². The van der Waals surface area contributed by atoms with E-state index in [2.05, 4.69) is 47.8 Å². The SMILES string of the molecule is CCOC(=O)[C@H](Cc1ccc(OCc2ccc(/C=C/Cc3ccccc3OC)cc2)cc1)NC(C)=O. The number of carbonyl (C=O) groups is 2. The van der Waals surface area contributed by atoms with Crippen LogP contribution in [0, 0.1) is 0 Å². The highest BCUT2D eigenvalue weighted by Gasteiger charge is 2.21.